The molecule has 0 fully saturated rings. The zero-order chi connectivity index (χ0) is 11.4. The third kappa shape index (κ3) is 1.98. The maximum absolute atomic E-state index is 10.2. The Kier molecular flexibility index (Phi) is 2.77. The first kappa shape index (κ1) is 10.1. The minimum absolute atomic E-state index is 0.0614. The topological polar surface area (TPSA) is 80.4 Å². The number of carbonyl (C=O) groups is 1. The van der Waals surface area contributed by atoms with E-state index in [0.29, 0.717) is 12.1 Å². The predicted octanol–water partition coefficient (Wildman–Crippen LogP) is 0.927. The number of aromatic nitrogens is 1. The summed E-state index contributed by atoms with van der Waals surface area (Å²) in [5, 5.41) is 3.17. The van der Waals surface area contributed by atoms with Crippen LogP contribution in [0.3, 0.4) is 0 Å². The number of aliphatic imine (C=N–C) groups is 1. The van der Waals surface area contributed by atoms with Crippen LogP contribution in [-0.2, 0) is 4.79 Å². The summed E-state index contributed by atoms with van der Waals surface area (Å²) >= 11 is 0. The first-order valence-corrected chi connectivity index (χ1v) is 4.69. The van der Waals surface area contributed by atoms with Gasteiger partial charge in [0, 0.05) is 11.6 Å². The number of benzene rings is 1. The maximum Gasteiger partial charge on any atom is 0.213 e. The molecule has 1 amide bonds. The molecular formula is C11H10N4O. The molecule has 0 radical (unpaired) electrons. The molecule has 2 aromatic rings. The minimum Gasteiger partial charge on any atom is -0.369 e. The first-order valence-electron chi connectivity index (χ1n) is 4.69. The smallest absolute Gasteiger partial charge is 0.213 e. The van der Waals surface area contributed by atoms with E-state index in [9.17, 15) is 4.79 Å². The highest BCUT2D eigenvalue weighted by Crippen LogP contribution is 2.23. The van der Waals surface area contributed by atoms with E-state index in [-0.39, 0.29) is 5.96 Å². The molecule has 80 valence electrons. The van der Waals surface area contributed by atoms with Crippen molar-refractivity contribution in [2.45, 2.75) is 0 Å². The average Bonchev–Trinajstić information content (AvgIpc) is 2.30. The molecule has 0 aliphatic rings. The van der Waals surface area contributed by atoms with Crippen LogP contribution in [-0.4, -0.2) is 17.4 Å². The highest BCUT2D eigenvalue weighted by Gasteiger charge is 2.00. The summed E-state index contributed by atoms with van der Waals surface area (Å²) in [4.78, 5) is 18.5. The molecule has 5 nitrogen and oxygen atoms in total. The van der Waals surface area contributed by atoms with Crippen LogP contribution in [0.2, 0.25) is 0 Å². The van der Waals surface area contributed by atoms with Crippen LogP contribution in [0.1, 0.15) is 0 Å². The van der Waals surface area contributed by atoms with E-state index in [1.165, 1.54) is 0 Å². The van der Waals surface area contributed by atoms with Crippen molar-refractivity contribution in [3.63, 3.8) is 0 Å². The van der Waals surface area contributed by atoms with Gasteiger partial charge in [0.25, 0.3) is 0 Å². The summed E-state index contributed by atoms with van der Waals surface area (Å²) in [6.07, 6.45) is 2.14. The molecule has 2 rings (SSSR count). The Bertz CT molecular complexity index is 545. The number of guanidine groups is 1. The number of para-hydroxylation sites is 1. The second-order valence-electron chi connectivity index (χ2n) is 3.11. The molecule has 0 spiro atoms. The highest BCUT2D eigenvalue weighted by molar-refractivity contribution is 5.95. The second-order valence-corrected chi connectivity index (χ2v) is 3.11. The molecule has 0 saturated heterocycles. The number of hydrogen-bond acceptors (Lipinski definition) is 3. The largest absolute Gasteiger partial charge is 0.369 e. The Balaban J connectivity index is 2.52. The van der Waals surface area contributed by atoms with Gasteiger partial charge in [-0.15, -0.1) is 0 Å². The third-order valence-electron chi connectivity index (χ3n) is 2.07. The number of fused-ring (bicyclic) bond motifs is 1. The standard InChI is InChI=1S/C11H10N4O/c12-11(14-7-16)15-10-5-6-13-9-4-2-1-3-8(9)10/h1-7H,(H3,12,13,14,15,16). The summed E-state index contributed by atoms with van der Waals surface area (Å²) < 4.78 is 0. The number of amides is 1. The number of nitrogens with zero attached hydrogens (tertiary/aromatic N) is 2. The summed E-state index contributed by atoms with van der Waals surface area (Å²) in [6.45, 7) is 0. The molecule has 0 aliphatic carbocycles. The van der Waals surface area contributed by atoms with Crippen molar-refractivity contribution in [1.82, 2.24) is 10.3 Å². The number of rotatable bonds is 2. The lowest BCUT2D eigenvalue weighted by Crippen LogP contribution is -2.29. The van der Waals surface area contributed by atoms with Crippen LogP contribution >= 0.6 is 0 Å². The average molecular weight is 214 g/mol. The summed E-state index contributed by atoms with van der Waals surface area (Å²) in [5.41, 5.74) is 7.01. The number of carbonyl (C=O) groups excluding carboxylic acids is 1. The lowest BCUT2D eigenvalue weighted by Gasteiger charge is -2.02. The van der Waals surface area contributed by atoms with Crippen molar-refractivity contribution in [2.24, 2.45) is 10.7 Å². The van der Waals surface area contributed by atoms with Crippen LogP contribution < -0.4 is 11.1 Å². The van der Waals surface area contributed by atoms with Crippen LogP contribution in [0.5, 0.6) is 0 Å². The van der Waals surface area contributed by atoms with Gasteiger partial charge >= 0.3 is 0 Å². The van der Waals surface area contributed by atoms with Crippen LogP contribution in [0, 0.1) is 0 Å². The van der Waals surface area contributed by atoms with Crippen molar-refractivity contribution in [2.75, 3.05) is 0 Å². The van der Waals surface area contributed by atoms with E-state index in [2.05, 4.69) is 15.3 Å². The van der Waals surface area contributed by atoms with Gasteiger partial charge in [-0.05, 0) is 12.1 Å². The fourth-order valence-corrected chi connectivity index (χ4v) is 1.40. The van der Waals surface area contributed by atoms with Gasteiger partial charge in [-0.2, -0.15) is 0 Å². The Labute approximate surface area is 92.0 Å². The number of nitrogens with one attached hydrogen (secondary N) is 1. The molecule has 1 aromatic carbocycles. The van der Waals surface area contributed by atoms with Gasteiger partial charge in [0.05, 0.1) is 11.2 Å². The van der Waals surface area contributed by atoms with Crippen LogP contribution in [0.25, 0.3) is 10.9 Å². The molecule has 1 aromatic heterocycles. The van der Waals surface area contributed by atoms with Crippen molar-refractivity contribution in [3.8, 4) is 0 Å². The number of pyridine rings is 1. The fourth-order valence-electron chi connectivity index (χ4n) is 1.40. The Morgan fingerprint density at radius 3 is 3.00 bits per heavy atom. The van der Waals surface area contributed by atoms with Crippen molar-refractivity contribution >= 4 is 29.0 Å². The maximum atomic E-state index is 10.2. The lowest BCUT2D eigenvalue weighted by molar-refractivity contribution is -0.108. The van der Waals surface area contributed by atoms with Crippen LogP contribution in [0.4, 0.5) is 5.69 Å². The summed E-state index contributed by atoms with van der Waals surface area (Å²) in [7, 11) is 0. The van der Waals surface area contributed by atoms with Gasteiger partial charge in [-0.1, -0.05) is 18.2 Å². The Hall–Kier alpha value is -2.43. The van der Waals surface area contributed by atoms with Crippen molar-refractivity contribution in [1.29, 1.82) is 0 Å². The molecule has 0 saturated carbocycles. The van der Waals surface area contributed by atoms with Gasteiger partial charge in [0.2, 0.25) is 6.41 Å². The van der Waals surface area contributed by atoms with Crippen LogP contribution in [0.15, 0.2) is 41.5 Å². The van der Waals surface area contributed by atoms with Crippen molar-refractivity contribution < 1.29 is 4.79 Å². The first-order chi connectivity index (χ1) is 7.81. The molecule has 1 heterocycles. The SMILES string of the molecule is NC(=Nc1ccnc2ccccc12)NC=O. The predicted molar refractivity (Wildman–Crippen MR) is 62.2 cm³/mol. The number of nitrogens with two attached hydrogens (primary N) is 1. The van der Waals surface area contributed by atoms with E-state index in [4.69, 9.17) is 5.73 Å². The molecule has 0 aliphatic heterocycles. The molecule has 0 atom stereocenters. The Morgan fingerprint density at radius 1 is 1.38 bits per heavy atom. The summed E-state index contributed by atoms with van der Waals surface area (Å²) in [5.74, 6) is 0.0614. The Morgan fingerprint density at radius 2 is 2.19 bits per heavy atom. The fraction of sp³-hybridized carbons (Fsp3) is 0. The molecule has 3 N–H and O–H groups in total. The molecule has 0 bridgehead atoms. The normalized spacial score (nSPS) is 11.4. The van der Waals surface area contributed by atoms with E-state index in [1.807, 2.05) is 24.3 Å². The van der Waals surface area contributed by atoms with E-state index >= 15 is 0 Å². The van der Waals surface area contributed by atoms with E-state index < -0.39 is 0 Å². The van der Waals surface area contributed by atoms with E-state index in [1.54, 1.807) is 12.3 Å². The van der Waals surface area contributed by atoms with Gasteiger partial charge in [0.15, 0.2) is 5.96 Å². The number of hydrogen-bond donors (Lipinski definition) is 2. The second kappa shape index (κ2) is 4.39. The zero-order valence-corrected chi connectivity index (χ0v) is 8.42. The lowest BCUT2D eigenvalue weighted by atomic mass is 10.2. The monoisotopic (exact) mass is 214 g/mol. The highest BCUT2D eigenvalue weighted by atomic mass is 16.1. The third-order valence-corrected chi connectivity index (χ3v) is 2.07. The van der Waals surface area contributed by atoms with E-state index in [0.717, 1.165) is 10.9 Å². The molecule has 0 unspecified atom stereocenters. The van der Waals surface area contributed by atoms with Gasteiger partial charge in [0.1, 0.15) is 0 Å². The quantitative estimate of drug-likeness (QED) is 0.443. The summed E-state index contributed by atoms with van der Waals surface area (Å²) in [6, 6.07) is 9.32. The zero-order valence-electron chi connectivity index (χ0n) is 8.42. The van der Waals surface area contributed by atoms with Crippen molar-refractivity contribution in [3.05, 3.63) is 36.5 Å². The van der Waals surface area contributed by atoms with Gasteiger partial charge < -0.3 is 5.73 Å². The molecular weight excluding hydrogens is 204 g/mol. The van der Waals surface area contributed by atoms with Gasteiger partial charge in [-0.3, -0.25) is 15.1 Å². The minimum atomic E-state index is 0.0614. The molecule has 16 heavy (non-hydrogen) atoms. The molecule has 5 heteroatoms. The van der Waals surface area contributed by atoms with Gasteiger partial charge in [-0.25, -0.2) is 4.99 Å².